The Kier molecular flexibility index (Phi) is 3.04. The van der Waals surface area contributed by atoms with Crippen LogP contribution < -0.4 is 0 Å². The van der Waals surface area contributed by atoms with E-state index in [0.29, 0.717) is 11.8 Å². The minimum Gasteiger partial charge on any atom is -0.358 e. The number of fused-ring (bicyclic) bond motifs is 3. The molecule has 1 N–H and O–H groups in total. The predicted octanol–water partition coefficient (Wildman–Crippen LogP) is 4.71. The third-order valence-corrected chi connectivity index (χ3v) is 4.17. The number of nitrogens with one attached hydrogen (secondary N) is 1. The van der Waals surface area contributed by atoms with Crippen LogP contribution in [0, 0.1) is 0 Å². The molecule has 0 atom stereocenters. The molecule has 0 saturated heterocycles. The van der Waals surface area contributed by atoms with Crippen molar-refractivity contribution in [3.63, 3.8) is 0 Å². The summed E-state index contributed by atoms with van der Waals surface area (Å²) in [6.45, 7) is 8.89. The molecule has 20 heavy (non-hydrogen) atoms. The molecule has 0 fully saturated rings. The van der Waals surface area contributed by atoms with E-state index in [1.165, 1.54) is 33.6 Å². The van der Waals surface area contributed by atoms with Crippen molar-refractivity contribution >= 4 is 5.71 Å². The van der Waals surface area contributed by atoms with Gasteiger partial charge in [0.1, 0.15) is 0 Å². The summed E-state index contributed by atoms with van der Waals surface area (Å²) in [5, 5.41) is 0. The molecule has 0 bridgehead atoms. The zero-order chi connectivity index (χ0) is 14.4. The maximum atomic E-state index is 4.54. The van der Waals surface area contributed by atoms with Gasteiger partial charge < -0.3 is 4.98 Å². The summed E-state index contributed by atoms with van der Waals surface area (Å²) in [6.07, 6.45) is 0. The minimum absolute atomic E-state index is 0.511. The van der Waals surface area contributed by atoms with Crippen LogP contribution in [0.2, 0.25) is 0 Å². The second-order valence-corrected chi connectivity index (χ2v) is 6.20. The summed E-state index contributed by atoms with van der Waals surface area (Å²) in [4.78, 5) is 8.12. The average molecular weight is 266 g/mol. The van der Waals surface area contributed by atoms with Crippen LogP contribution in [-0.2, 0) is 0 Å². The van der Waals surface area contributed by atoms with Crippen molar-refractivity contribution < 1.29 is 0 Å². The molecule has 1 aromatic heterocycles. The van der Waals surface area contributed by atoms with Gasteiger partial charge in [0, 0.05) is 29.4 Å². The highest BCUT2D eigenvalue weighted by molar-refractivity contribution is 6.24. The first-order valence-electron chi connectivity index (χ1n) is 7.37. The van der Waals surface area contributed by atoms with Crippen molar-refractivity contribution in [1.29, 1.82) is 0 Å². The van der Waals surface area contributed by atoms with E-state index in [4.69, 9.17) is 0 Å². The number of rotatable bonds is 2. The van der Waals surface area contributed by atoms with Gasteiger partial charge >= 0.3 is 0 Å². The SMILES string of the molecule is CN=C1c2cc(C(C)C)ccc2-c2[nH]c(C(C)C)cc21. The summed E-state index contributed by atoms with van der Waals surface area (Å²) < 4.78 is 0. The van der Waals surface area contributed by atoms with E-state index < -0.39 is 0 Å². The first-order chi connectivity index (χ1) is 9.52. The average Bonchev–Trinajstić information content (AvgIpc) is 2.94. The summed E-state index contributed by atoms with van der Waals surface area (Å²) >= 11 is 0. The monoisotopic (exact) mass is 266 g/mol. The third kappa shape index (κ3) is 1.82. The molecule has 0 spiro atoms. The fourth-order valence-corrected chi connectivity index (χ4v) is 2.91. The fraction of sp³-hybridized carbons (Fsp3) is 0.389. The van der Waals surface area contributed by atoms with Crippen LogP contribution in [0.5, 0.6) is 0 Å². The van der Waals surface area contributed by atoms with Crippen molar-refractivity contribution in [2.75, 3.05) is 7.05 Å². The Morgan fingerprint density at radius 3 is 2.25 bits per heavy atom. The smallest absolute Gasteiger partial charge is 0.0744 e. The Bertz CT molecular complexity index is 687. The van der Waals surface area contributed by atoms with E-state index >= 15 is 0 Å². The highest BCUT2D eigenvalue weighted by Gasteiger charge is 2.27. The molecule has 1 aliphatic carbocycles. The van der Waals surface area contributed by atoms with E-state index in [0.717, 1.165) is 5.71 Å². The molecule has 104 valence electrons. The normalized spacial score (nSPS) is 15.2. The van der Waals surface area contributed by atoms with Crippen LogP contribution in [0.3, 0.4) is 0 Å². The molecule has 0 aliphatic heterocycles. The number of aromatic amines is 1. The van der Waals surface area contributed by atoms with Gasteiger partial charge in [-0.25, -0.2) is 0 Å². The second kappa shape index (κ2) is 4.62. The maximum Gasteiger partial charge on any atom is 0.0744 e. The predicted molar refractivity (Wildman–Crippen MR) is 86.0 cm³/mol. The molecular weight excluding hydrogens is 244 g/mol. The standard InChI is InChI=1S/C18H22N2/c1-10(2)12-6-7-13-14(8-12)17(19-5)15-9-16(11(3)4)20-18(13)15/h6-11,20H,1-5H3. The Hall–Kier alpha value is -1.83. The quantitative estimate of drug-likeness (QED) is 0.696. The first kappa shape index (κ1) is 13.2. The number of hydrogen-bond acceptors (Lipinski definition) is 1. The van der Waals surface area contributed by atoms with Crippen LogP contribution in [-0.4, -0.2) is 17.7 Å². The minimum atomic E-state index is 0.511. The maximum absolute atomic E-state index is 4.54. The lowest BCUT2D eigenvalue weighted by Crippen LogP contribution is -1.99. The second-order valence-electron chi connectivity index (χ2n) is 6.20. The zero-order valence-electron chi connectivity index (χ0n) is 12.9. The Morgan fingerprint density at radius 1 is 0.900 bits per heavy atom. The lowest BCUT2D eigenvalue weighted by atomic mass is 9.97. The molecule has 2 nitrogen and oxygen atoms in total. The molecule has 1 heterocycles. The number of aliphatic imine (C=N–C) groups is 1. The van der Waals surface area contributed by atoms with Gasteiger partial charge in [0.25, 0.3) is 0 Å². The zero-order valence-corrected chi connectivity index (χ0v) is 12.9. The van der Waals surface area contributed by atoms with Gasteiger partial charge in [-0.15, -0.1) is 0 Å². The molecule has 0 amide bonds. The number of nitrogens with zero attached hydrogens (tertiary/aromatic N) is 1. The van der Waals surface area contributed by atoms with Gasteiger partial charge in [0.05, 0.1) is 11.4 Å². The van der Waals surface area contributed by atoms with Gasteiger partial charge in [-0.3, -0.25) is 4.99 Å². The van der Waals surface area contributed by atoms with Gasteiger partial charge in [0.2, 0.25) is 0 Å². The Labute approximate surface area is 121 Å². The van der Waals surface area contributed by atoms with E-state index in [1.807, 2.05) is 7.05 Å². The highest BCUT2D eigenvalue weighted by atomic mass is 14.8. The van der Waals surface area contributed by atoms with Crippen LogP contribution in [0.1, 0.15) is 61.9 Å². The largest absolute Gasteiger partial charge is 0.358 e. The number of benzene rings is 1. The van der Waals surface area contributed by atoms with Gasteiger partial charge in [-0.2, -0.15) is 0 Å². The molecule has 0 unspecified atom stereocenters. The Morgan fingerprint density at radius 2 is 1.65 bits per heavy atom. The van der Waals surface area contributed by atoms with Crippen molar-refractivity contribution in [1.82, 2.24) is 4.98 Å². The molecule has 0 saturated carbocycles. The van der Waals surface area contributed by atoms with Crippen molar-refractivity contribution in [2.45, 2.75) is 39.5 Å². The van der Waals surface area contributed by atoms with E-state index in [1.54, 1.807) is 0 Å². The number of hydrogen-bond donors (Lipinski definition) is 1. The van der Waals surface area contributed by atoms with Gasteiger partial charge in [-0.05, 0) is 29.5 Å². The molecule has 1 aromatic carbocycles. The summed E-state index contributed by atoms with van der Waals surface area (Å²) in [5.41, 5.74) is 8.84. The van der Waals surface area contributed by atoms with Crippen LogP contribution in [0.4, 0.5) is 0 Å². The summed E-state index contributed by atoms with van der Waals surface area (Å²) in [6, 6.07) is 9.03. The van der Waals surface area contributed by atoms with Gasteiger partial charge in [0.15, 0.2) is 0 Å². The number of aromatic nitrogens is 1. The van der Waals surface area contributed by atoms with Crippen LogP contribution in [0.15, 0.2) is 29.3 Å². The third-order valence-electron chi connectivity index (χ3n) is 4.17. The lowest BCUT2D eigenvalue weighted by Gasteiger charge is -2.09. The molecular formula is C18H22N2. The first-order valence-corrected chi connectivity index (χ1v) is 7.37. The number of H-pyrrole nitrogens is 1. The molecule has 0 radical (unpaired) electrons. The summed E-state index contributed by atoms with van der Waals surface area (Å²) in [7, 11) is 1.89. The van der Waals surface area contributed by atoms with E-state index in [9.17, 15) is 0 Å². The Balaban J connectivity index is 2.20. The van der Waals surface area contributed by atoms with Crippen LogP contribution >= 0.6 is 0 Å². The fourth-order valence-electron chi connectivity index (χ4n) is 2.91. The molecule has 3 rings (SSSR count). The van der Waals surface area contributed by atoms with Crippen molar-refractivity contribution in [3.8, 4) is 11.3 Å². The van der Waals surface area contributed by atoms with Crippen LogP contribution in [0.25, 0.3) is 11.3 Å². The molecule has 1 aliphatic rings. The van der Waals surface area contributed by atoms with Crippen molar-refractivity contribution in [2.24, 2.45) is 4.99 Å². The van der Waals surface area contributed by atoms with Gasteiger partial charge in [-0.1, -0.05) is 39.8 Å². The summed E-state index contributed by atoms with van der Waals surface area (Å²) in [5.74, 6) is 1.06. The van der Waals surface area contributed by atoms with E-state index in [-0.39, 0.29) is 0 Å². The van der Waals surface area contributed by atoms with Crippen molar-refractivity contribution in [3.05, 3.63) is 46.6 Å². The topological polar surface area (TPSA) is 28.1 Å². The van der Waals surface area contributed by atoms with E-state index in [2.05, 4.69) is 61.9 Å². The molecule has 2 aromatic rings. The highest BCUT2D eigenvalue weighted by Crippen LogP contribution is 2.39. The lowest BCUT2D eigenvalue weighted by molar-refractivity contribution is 0.833. The molecule has 2 heteroatoms.